The molecule has 0 atom stereocenters. The Hall–Kier alpha value is -2.87. The van der Waals surface area contributed by atoms with E-state index in [0.717, 1.165) is 0 Å². The third-order valence-electron chi connectivity index (χ3n) is 2.73. The number of rotatable bonds is 2. The standard InChI is InChI=1S/C12H8ClN5O3/c13-9-7-10(15-4-14-7)17-12(16-9)18-11(21)5-2-1-3-6(19)8(5)20/h1-4,19-20H,(H2,14,15,16,17,18,21). The minimum absolute atomic E-state index is 0.0626. The average Bonchev–Trinajstić information content (AvgIpc) is 2.90. The molecule has 0 aliphatic rings. The highest BCUT2D eigenvalue weighted by atomic mass is 35.5. The maximum atomic E-state index is 12.0. The van der Waals surface area contributed by atoms with E-state index in [9.17, 15) is 15.0 Å². The van der Waals surface area contributed by atoms with Crippen LogP contribution in [0.4, 0.5) is 5.95 Å². The number of aromatic amines is 1. The van der Waals surface area contributed by atoms with Gasteiger partial charge in [0.05, 0.1) is 11.9 Å². The first kappa shape index (κ1) is 13.1. The quantitative estimate of drug-likeness (QED) is 0.422. The molecule has 2 heterocycles. The van der Waals surface area contributed by atoms with Gasteiger partial charge in [-0.1, -0.05) is 17.7 Å². The smallest absolute Gasteiger partial charge is 0.261 e. The first-order valence-electron chi connectivity index (χ1n) is 5.75. The van der Waals surface area contributed by atoms with Gasteiger partial charge in [-0.3, -0.25) is 10.1 Å². The molecule has 1 aromatic carbocycles. The molecule has 0 aliphatic carbocycles. The van der Waals surface area contributed by atoms with Gasteiger partial charge in [-0.15, -0.1) is 0 Å². The van der Waals surface area contributed by atoms with Gasteiger partial charge in [0.25, 0.3) is 5.91 Å². The molecule has 0 saturated carbocycles. The van der Waals surface area contributed by atoms with Gasteiger partial charge >= 0.3 is 0 Å². The van der Waals surface area contributed by atoms with Crippen LogP contribution in [0, 0.1) is 0 Å². The number of carbonyl (C=O) groups excluding carboxylic acids is 1. The van der Waals surface area contributed by atoms with Gasteiger partial charge in [0, 0.05) is 0 Å². The van der Waals surface area contributed by atoms with E-state index in [4.69, 9.17) is 11.6 Å². The van der Waals surface area contributed by atoms with E-state index < -0.39 is 17.4 Å². The molecule has 3 aromatic rings. The molecule has 0 spiro atoms. The number of amides is 1. The van der Waals surface area contributed by atoms with Gasteiger partial charge in [0.2, 0.25) is 5.95 Å². The predicted molar refractivity (Wildman–Crippen MR) is 74.4 cm³/mol. The summed E-state index contributed by atoms with van der Waals surface area (Å²) in [6, 6.07) is 4.03. The third kappa shape index (κ3) is 2.32. The van der Waals surface area contributed by atoms with Crippen LogP contribution in [0.25, 0.3) is 11.2 Å². The Bertz CT molecular complexity index is 848. The largest absolute Gasteiger partial charge is 0.504 e. The lowest BCUT2D eigenvalue weighted by molar-refractivity contribution is 0.102. The van der Waals surface area contributed by atoms with Gasteiger partial charge in [0.15, 0.2) is 22.3 Å². The molecule has 0 unspecified atom stereocenters. The van der Waals surface area contributed by atoms with Crippen molar-refractivity contribution in [3.05, 3.63) is 35.2 Å². The molecule has 0 fully saturated rings. The zero-order valence-corrected chi connectivity index (χ0v) is 11.1. The highest BCUT2D eigenvalue weighted by Gasteiger charge is 2.16. The molecule has 4 N–H and O–H groups in total. The Morgan fingerprint density at radius 2 is 2.10 bits per heavy atom. The minimum atomic E-state index is -0.686. The molecule has 21 heavy (non-hydrogen) atoms. The second-order valence-electron chi connectivity index (χ2n) is 4.07. The fraction of sp³-hybridized carbons (Fsp3) is 0. The summed E-state index contributed by atoms with van der Waals surface area (Å²) in [4.78, 5) is 26.6. The fourth-order valence-corrected chi connectivity index (χ4v) is 1.96. The van der Waals surface area contributed by atoms with E-state index >= 15 is 0 Å². The monoisotopic (exact) mass is 305 g/mol. The Morgan fingerprint density at radius 3 is 2.90 bits per heavy atom. The molecular weight excluding hydrogens is 298 g/mol. The van der Waals surface area contributed by atoms with Crippen molar-refractivity contribution in [3.63, 3.8) is 0 Å². The number of H-pyrrole nitrogens is 1. The number of nitrogens with one attached hydrogen (secondary N) is 2. The van der Waals surface area contributed by atoms with Crippen LogP contribution in [0.1, 0.15) is 10.4 Å². The maximum Gasteiger partial charge on any atom is 0.261 e. The lowest BCUT2D eigenvalue weighted by Gasteiger charge is -2.06. The first-order chi connectivity index (χ1) is 10.1. The molecule has 0 bridgehead atoms. The van der Waals surface area contributed by atoms with Crippen molar-refractivity contribution in [1.82, 2.24) is 19.9 Å². The molecule has 3 rings (SSSR count). The molecular formula is C12H8ClN5O3. The zero-order chi connectivity index (χ0) is 15.0. The predicted octanol–water partition coefficient (Wildman–Crippen LogP) is 1.67. The molecule has 0 radical (unpaired) electrons. The summed E-state index contributed by atoms with van der Waals surface area (Å²) in [6.07, 6.45) is 1.40. The van der Waals surface area contributed by atoms with Gasteiger partial charge in [0.1, 0.15) is 5.52 Å². The molecule has 0 aliphatic heterocycles. The van der Waals surface area contributed by atoms with Crippen LogP contribution in [0.5, 0.6) is 11.5 Å². The number of halogens is 1. The van der Waals surface area contributed by atoms with E-state index in [-0.39, 0.29) is 16.7 Å². The summed E-state index contributed by atoms with van der Waals surface area (Å²) in [5.74, 6) is -1.67. The Morgan fingerprint density at radius 1 is 1.29 bits per heavy atom. The SMILES string of the molecule is O=C(Nc1nc(Cl)c2[nH]cnc2n1)c1cccc(O)c1O. The number of phenolic OH excluding ortho intramolecular Hbond substituents is 2. The Labute approximate surface area is 122 Å². The Balaban J connectivity index is 1.94. The van der Waals surface area contributed by atoms with Crippen molar-refractivity contribution >= 4 is 34.6 Å². The molecule has 0 saturated heterocycles. The summed E-state index contributed by atoms with van der Waals surface area (Å²) >= 11 is 5.93. The van der Waals surface area contributed by atoms with Gasteiger partial charge in [-0.05, 0) is 12.1 Å². The van der Waals surface area contributed by atoms with Crippen LogP contribution in [0.2, 0.25) is 5.15 Å². The zero-order valence-electron chi connectivity index (χ0n) is 10.3. The molecule has 2 aromatic heterocycles. The number of anilines is 1. The van der Waals surface area contributed by atoms with Crippen LogP contribution in [-0.2, 0) is 0 Å². The van der Waals surface area contributed by atoms with E-state index in [1.165, 1.54) is 24.5 Å². The molecule has 8 nitrogen and oxygen atoms in total. The number of benzene rings is 1. The summed E-state index contributed by atoms with van der Waals surface area (Å²) < 4.78 is 0. The number of fused-ring (bicyclic) bond motifs is 1. The minimum Gasteiger partial charge on any atom is -0.504 e. The van der Waals surface area contributed by atoms with Crippen molar-refractivity contribution in [3.8, 4) is 11.5 Å². The lowest BCUT2D eigenvalue weighted by atomic mass is 10.2. The van der Waals surface area contributed by atoms with Crippen molar-refractivity contribution in [2.75, 3.05) is 5.32 Å². The number of hydrogen-bond acceptors (Lipinski definition) is 6. The number of nitrogens with zero attached hydrogens (tertiary/aromatic N) is 3. The number of carbonyl (C=O) groups is 1. The van der Waals surface area contributed by atoms with Crippen LogP contribution in [0.3, 0.4) is 0 Å². The molecule has 106 valence electrons. The second kappa shape index (κ2) is 4.91. The normalized spacial score (nSPS) is 10.7. The third-order valence-corrected chi connectivity index (χ3v) is 3.00. The number of aromatic nitrogens is 4. The van der Waals surface area contributed by atoms with Crippen LogP contribution < -0.4 is 5.32 Å². The highest BCUT2D eigenvalue weighted by Crippen LogP contribution is 2.28. The first-order valence-corrected chi connectivity index (χ1v) is 6.13. The van der Waals surface area contributed by atoms with E-state index in [1.54, 1.807) is 0 Å². The fourth-order valence-electron chi connectivity index (χ4n) is 1.74. The van der Waals surface area contributed by atoms with E-state index in [2.05, 4.69) is 25.3 Å². The highest BCUT2D eigenvalue weighted by molar-refractivity contribution is 6.33. The van der Waals surface area contributed by atoms with Crippen molar-refractivity contribution < 1.29 is 15.0 Å². The maximum absolute atomic E-state index is 12.0. The van der Waals surface area contributed by atoms with Gasteiger partial charge in [-0.25, -0.2) is 4.98 Å². The summed E-state index contributed by atoms with van der Waals surface area (Å²) in [5, 5.41) is 21.5. The van der Waals surface area contributed by atoms with Crippen LogP contribution in [0.15, 0.2) is 24.5 Å². The van der Waals surface area contributed by atoms with E-state index in [0.29, 0.717) is 11.2 Å². The lowest BCUT2D eigenvalue weighted by Crippen LogP contribution is -2.14. The van der Waals surface area contributed by atoms with Crippen LogP contribution >= 0.6 is 11.6 Å². The number of aromatic hydroxyl groups is 2. The topological polar surface area (TPSA) is 124 Å². The van der Waals surface area contributed by atoms with Crippen LogP contribution in [-0.4, -0.2) is 36.1 Å². The van der Waals surface area contributed by atoms with Crippen molar-refractivity contribution in [2.45, 2.75) is 0 Å². The average molecular weight is 306 g/mol. The number of para-hydroxylation sites is 1. The second-order valence-corrected chi connectivity index (χ2v) is 4.42. The number of phenols is 2. The van der Waals surface area contributed by atoms with Gasteiger partial charge in [-0.2, -0.15) is 9.97 Å². The molecule has 9 heteroatoms. The molecule has 1 amide bonds. The number of imidazole rings is 1. The van der Waals surface area contributed by atoms with E-state index in [1.807, 2.05) is 0 Å². The van der Waals surface area contributed by atoms with Crippen molar-refractivity contribution in [1.29, 1.82) is 0 Å². The number of hydrogen-bond donors (Lipinski definition) is 4. The summed E-state index contributed by atoms with van der Waals surface area (Å²) in [6.45, 7) is 0. The summed E-state index contributed by atoms with van der Waals surface area (Å²) in [5.41, 5.74) is 0.636. The summed E-state index contributed by atoms with van der Waals surface area (Å²) in [7, 11) is 0. The van der Waals surface area contributed by atoms with Gasteiger partial charge < -0.3 is 15.2 Å². The van der Waals surface area contributed by atoms with Crippen molar-refractivity contribution in [2.24, 2.45) is 0 Å². The Kier molecular flexibility index (Phi) is 3.07.